The molecule has 0 spiro atoms. The van der Waals surface area contributed by atoms with Gasteiger partial charge in [-0.05, 0) is 35.9 Å². The number of fused-ring (bicyclic) bond motifs is 3. The molecule has 0 radical (unpaired) electrons. The molecule has 0 saturated carbocycles. The number of nitrogens with zero attached hydrogens (tertiary/aromatic N) is 4. The van der Waals surface area contributed by atoms with E-state index in [-0.39, 0.29) is 0 Å². The molecule has 0 atom stereocenters. The highest BCUT2D eigenvalue weighted by Gasteiger charge is 2.13. The summed E-state index contributed by atoms with van der Waals surface area (Å²) >= 11 is 0. The standard InChI is InChI=1S/C25H14N4/c26-14-17-12-22(23(15-27)28-16-17)18-6-5-7-19(13-18)29-24-10-3-1-8-20(24)21-9-2-4-11-25(21)29/h1-13,16H. The SMILES string of the molecule is N#Cc1cnc(C#N)c(-c2cccc(-n3c4ccccc4c4ccccc43)c2)c1. The molecule has 0 unspecified atom stereocenters. The summed E-state index contributed by atoms with van der Waals surface area (Å²) in [5, 5.41) is 21.1. The summed E-state index contributed by atoms with van der Waals surface area (Å²) in [6, 6.07) is 30.6. The van der Waals surface area contributed by atoms with Gasteiger partial charge in [0.2, 0.25) is 0 Å². The van der Waals surface area contributed by atoms with Gasteiger partial charge in [0.05, 0.1) is 16.6 Å². The summed E-state index contributed by atoms with van der Waals surface area (Å²) in [4.78, 5) is 4.15. The number of hydrogen-bond acceptors (Lipinski definition) is 3. The van der Waals surface area contributed by atoms with Crippen LogP contribution in [0.3, 0.4) is 0 Å². The van der Waals surface area contributed by atoms with Crippen molar-refractivity contribution >= 4 is 21.8 Å². The van der Waals surface area contributed by atoms with Crippen molar-refractivity contribution in [3.63, 3.8) is 0 Å². The molecule has 0 N–H and O–H groups in total. The van der Waals surface area contributed by atoms with Gasteiger partial charge in [-0.15, -0.1) is 0 Å². The Morgan fingerprint density at radius 3 is 2.07 bits per heavy atom. The highest BCUT2D eigenvalue weighted by atomic mass is 15.0. The molecule has 29 heavy (non-hydrogen) atoms. The van der Waals surface area contributed by atoms with Crippen molar-refractivity contribution in [3.8, 4) is 29.0 Å². The molecule has 0 amide bonds. The maximum Gasteiger partial charge on any atom is 0.148 e. The lowest BCUT2D eigenvalue weighted by Gasteiger charge is -2.11. The second-order valence-corrected chi connectivity index (χ2v) is 6.76. The van der Waals surface area contributed by atoms with Crippen molar-refractivity contribution in [1.82, 2.24) is 9.55 Å². The zero-order valence-corrected chi connectivity index (χ0v) is 15.4. The Hall–Kier alpha value is -4.41. The van der Waals surface area contributed by atoms with E-state index in [0.717, 1.165) is 22.3 Å². The number of aromatic nitrogens is 2. The first-order chi connectivity index (χ1) is 14.3. The lowest BCUT2D eigenvalue weighted by Crippen LogP contribution is -1.96. The Morgan fingerprint density at radius 1 is 0.724 bits per heavy atom. The molecule has 0 aliphatic carbocycles. The van der Waals surface area contributed by atoms with Crippen LogP contribution in [0.15, 0.2) is 85.1 Å². The molecular weight excluding hydrogens is 356 g/mol. The molecule has 134 valence electrons. The number of nitriles is 2. The minimum Gasteiger partial charge on any atom is -0.309 e. The average molecular weight is 370 g/mol. The smallest absolute Gasteiger partial charge is 0.148 e. The van der Waals surface area contributed by atoms with Gasteiger partial charge in [-0.2, -0.15) is 10.5 Å². The van der Waals surface area contributed by atoms with Gasteiger partial charge >= 0.3 is 0 Å². The van der Waals surface area contributed by atoms with E-state index in [1.807, 2.05) is 42.5 Å². The molecular formula is C25H14N4. The van der Waals surface area contributed by atoms with Crippen LogP contribution in [0.4, 0.5) is 0 Å². The van der Waals surface area contributed by atoms with Crippen LogP contribution < -0.4 is 0 Å². The first kappa shape index (κ1) is 16.7. The zero-order chi connectivity index (χ0) is 19.8. The summed E-state index contributed by atoms with van der Waals surface area (Å²) in [6.07, 6.45) is 1.43. The van der Waals surface area contributed by atoms with E-state index in [1.165, 1.54) is 17.0 Å². The Balaban J connectivity index is 1.79. The van der Waals surface area contributed by atoms with E-state index in [2.05, 4.69) is 52.0 Å². The van der Waals surface area contributed by atoms with Crippen LogP contribution in [0.25, 0.3) is 38.6 Å². The zero-order valence-electron chi connectivity index (χ0n) is 15.4. The van der Waals surface area contributed by atoms with E-state index in [1.54, 1.807) is 6.07 Å². The minimum absolute atomic E-state index is 0.309. The molecule has 0 aliphatic heterocycles. The molecule has 3 aromatic carbocycles. The lowest BCUT2D eigenvalue weighted by atomic mass is 10.0. The summed E-state index contributed by atoms with van der Waals surface area (Å²) in [5.41, 5.74) is 5.49. The van der Waals surface area contributed by atoms with Gasteiger partial charge in [0.1, 0.15) is 17.8 Å². The Morgan fingerprint density at radius 2 is 1.41 bits per heavy atom. The Bertz CT molecular complexity index is 1430. The van der Waals surface area contributed by atoms with E-state index in [0.29, 0.717) is 16.8 Å². The molecule has 2 aromatic heterocycles. The quantitative estimate of drug-likeness (QED) is 0.407. The van der Waals surface area contributed by atoms with Gasteiger partial charge in [0.25, 0.3) is 0 Å². The predicted octanol–water partition coefficient (Wildman–Crippen LogP) is 5.59. The molecule has 0 fully saturated rings. The van der Waals surface area contributed by atoms with Crippen LogP contribution in [0.5, 0.6) is 0 Å². The predicted molar refractivity (Wildman–Crippen MR) is 113 cm³/mol. The minimum atomic E-state index is 0.309. The van der Waals surface area contributed by atoms with Crippen molar-refractivity contribution in [2.24, 2.45) is 0 Å². The van der Waals surface area contributed by atoms with Crippen molar-refractivity contribution < 1.29 is 0 Å². The Kier molecular flexibility index (Phi) is 3.83. The maximum atomic E-state index is 9.48. The van der Waals surface area contributed by atoms with Crippen molar-refractivity contribution in [2.45, 2.75) is 0 Å². The molecule has 4 heteroatoms. The molecule has 2 heterocycles. The van der Waals surface area contributed by atoms with Gasteiger partial charge in [-0.3, -0.25) is 0 Å². The third-order valence-corrected chi connectivity index (χ3v) is 5.12. The van der Waals surface area contributed by atoms with Crippen molar-refractivity contribution in [1.29, 1.82) is 10.5 Å². The number of pyridine rings is 1. The highest BCUT2D eigenvalue weighted by molar-refractivity contribution is 6.09. The fraction of sp³-hybridized carbons (Fsp3) is 0. The number of hydrogen-bond donors (Lipinski definition) is 0. The molecule has 0 aliphatic rings. The molecule has 0 bridgehead atoms. The second kappa shape index (κ2) is 6.64. The van der Waals surface area contributed by atoms with E-state index >= 15 is 0 Å². The van der Waals surface area contributed by atoms with Crippen LogP contribution in [0, 0.1) is 22.7 Å². The molecule has 4 nitrogen and oxygen atoms in total. The summed E-state index contributed by atoms with van der Waals surface area (Å²) in [6.45, 7) is 0. The second-order valence-electron chi connectivity index (χ2n) is 6.76. The largest absolute Gasteiger partial charge is 0.309 e. The van der Waals surface area contributed by atoms with Crippen molar-refractivity contribution in [3.05, 3.63) is 96.3 Å². The number of para-hydroxylation sites is 2. The fourth-order valence-electron chi connectivity index (χ4n) is 3.85. The van der Waals surface area contributed by atoms with E-state index in [4.69, 9.17) is 0 Å². The van der Waals surface area contributed by atoms with Crippen LogP contribution in [0.2, 0.25) is 0 Å². The third-order valence-electron chi connectivity index (χ3n) is 5.12. The van der Waals surface area contributed by atoms with Gasteiger partial charge in [0, 0.05) is 28.2 Å². The first-order valence-electron chi connectivity index (χ1n) is 9.19. The van der Waals surface area contributed by atoms with Crippen molar-refractivity contribution in [2.75, 3.05) is 0 Å². The summed E-state index contributed by atoms with van der Waals surface area (Å²) < 4.78 is 2.22. The molecule has 5 aromatic rings. The van der Waals surface area contributed by atoms with Crippen LogP contribution in [0.1, 0.15) is 11.3 Å². The summed E-state index contributed by atoms with van der Waals surface area (Å²) in [7, 11) is 0. The number of benzene rings is 3. The monoisotopic (exact) mass is 370 g/mol. The maximum absolute atomic E-state index is 9.48. The average Bonchev–Trinajstić information content (AvgIpc) is 3.13. The van der Waals surface area contributed by atoms with Gasteiger partial charge in [-0.1, -0.05) is 48.5 Å². The number of rotatable bonds is 2. The van der Waals surface area contributed by atoms with Gasteiger partial charge in [-0.25, -0.2) is 4.98 Å². The first-order valence-corrected chi connectivity index (χ1v) is 9.19. The Labute approximate surface area is 167 Å². The topological polar surface area (TPSA) is 65.4 Å². The van der Waals surface area contributed by atoms with E-state index < -0.39 is 0 Å². The van der Waals surface area contributed by atoms with Gasteiger partial charge < -0.3 is 4.57 Å². The third kappa shape index (κ3) is 2.64. The van der Waals surface area contributed by atoms with E-state index in [9.17, 15) is 10.5 Å². The lowest BCUT2D eigenvalue weighted by molar-refractivity contribution is 1.18. The summed E-state index contributed by atoms with van der Waals surface area (Å²) in [5.74, 6) is 0. The molecule has 5 rings (SSSR count). The van der Waals surface area contributed by atoms with Gasteiger partial charge in [0.15, 0.2) is 0 Å². The highest BCUT2D eigenvalue weighted by Crippen LogP contribution is 2.33. The van der Waals surface area contributed by atoms with Crippen LogP contribution >= 0.6 is 0 Å². The van der Waals surface area contributed by atoms with Crippen LogP contribution in [-0.2, 0) is 0 Å². The molecule has 0 saturated heterocycles. The normalized spacial score (nSPS) is 10.7. The van der Waals surface area contributed by atoms with Crippen LogP contribution in [-0.4, -0.2) is 9.55 Å². The fourth-order valence-corrected chi connectivity index (χ4v) is 3.85.